The van der Waals surface area contributed by atoms with Gasteiger partial charge in [-0.15, -0.1) is 11.8 Å². The summed E-state index contributed by atoms with van der Waals surface area (Å²) in [6.07, 6.45) is 4.30. The lowest BCUT2D eigenvalue weighted by molar-refractivity contribution is -0.138. The first-order valence-electron chi connectivity index (χ1n) is 10.1. The molecule has 0 radical (unpaired) electrons. The lowest BCUT2D eigenvalue weighted by atomic mass is 10.1. The minimum absolute atomic E-state index is 0.0935. The molecule has 1 N–H and O–H groups in total. The maximum atomic E-state index is 13.1. The van der Waals surface area contributed by atoms with E-state index in [1.54, 1.807) is 30.0 Å². The second kappa shape index (κ2) is 11.1. The summed E-state index contributed by atoms with van der Waals surface area (Å²) in [4.78, 5) is 28.6. The summed E-state index contributed by atoms with van der Waals surface area (Å²) in [5, 5.41) is 4.38. The molecule has 2 aromatic rings. The summed E-state index contributed by atoms with van der Waals surface area (Å²) >= 11 is 13.5. The highest BCUT2D eigenvalue weighted by atomic mass is 35.5. The highest BCUT2D eigenvalue weighted by Crippen LogP contribution is 2.23. The van der Waals surface area contributed by atoms with Gasteiger partial charge in [0.25, 0.3) is 0 Å². The van der Waals surface area contributed by atoms with Gasteiger partial charge in [0.2, 0.25) is 11.8 Å². The van der Waals surface area contributed by atoms with Crippen molar-refractivity contribution in [3.8, 4) is 0 Å². The maximum absolute atomic E-state index is 13.1. The van der Waals surface area contributed by atoms with Crippen LogP contribution in [0.1, 0.15) is 38.2 Å². The van der Waals surface area contributed by atoms with Crippen molar-refractivity contribution >= 4 is 46.8 Å². The van der Waals surface area contributed by atoms with E-state index in [9.17, 15) is 9.59 Å². The first-order chi connectivity index (χ1) is 14.4. The van der Waals surface area contributed by atoms with Crippen LogP contribution in [0.2, 0.25) is 10.0 Å². The molecule has 1 saturated carbocycles. The number of carbonyl (C=O) groups is 2. The lowest BCUT2D eigenvalue weighted by Crippen LogP contribution is -2.50. The van der Waals surface area contributed by atoms with Crippen molar-refractivity contribution < 1.29 is 9.59 Å². The summed E-state index contributed by atoms with van der Waals surface area (Å²) in [7, 11) is 0. The molecule has 160 valence electrons. The third-order valence-corrected chi connectivity index (χ3v) is 6.77. The van der Waals surface area contributed by atoms with E-state index in [1.807, 2.05) is 30.3 Å². The fourth-order valence-corrected chi connectivity index (χ4v) is 4.69. The Morgan fingerprint density at radius 3 is 2.47 bits per heavy atom. The van der Waals surface area contributed by atoms with Gasteiger partial charge in [-0.2, -0.15) is 0 Å². The van der Waals surface area contributed by atoms with E-state index in [4.69, 9.17) is 23.2 Å². The van der Waals surface area contributed by atoms with Crippen LogP contribution in [0.25, 0.3) is 0 Å². The highest BCUT2D eigenvalue weighted by Gasteiger charge is 2.28. The Bertz CT molecular complexity index is 870. The van der Waals surface area contributed by atoms with Crippen LogP contribution >= 0.6 is 35.0 Å². The number of amides is 2. The first kappa shape index (κ1) is 23.0. The number of rotatable bonds is 8. The summed E-state index contributed by atoms with van der Waals surface area (Å²) in [6, 6.07) is 14.4. The Morgan fingerprint density at radius 1 is 1.10 bits per heavy atom. The Morgan fingerprint density at radius 2 is 1.80 bits per heavy atom. The molecule has 0 aromatic heterocycles. The van der Waals surface area contributed by atoms with Crippen molar-refractivity contribution in [3.05, 3.63) is 64.1 Å². The Hall–Kier alpha value is -1.69. The molecular weight excluding hydrogens is 439 g/mol. The minimum Gasteiger partial charge on any atom is -0.352 e. The highest BCUT2D eigenvalue weighted by molar-refractivity contribution is 8.00. The van der Waals surface area contributed by atoms with Gasteiger partial charge in [-0.3, -0.25) is 9.59 Å². The van der Waals surface area contributed by atoms with Gasteiger partial charge in [0.15, 0.2) is 0 Å². The maximum Gasteiger partial charge on any atom is 0.242 e. The third kappa shape index (κ3) is 6.66. The number of carbonyl (C=O) groups excluding carboxylic acids is 2. The molecule has 0 aliphatic heterocycles. The van der Waals surface area contributed by atoms with E-state index < -0.39 is 6.04 Å². The smallest absolute Gasteiger partial charge is 0.242 e. The zero-order chi connectivity index (χ0) is 21.5. The largest absolute Gasteiger partial charge is 0.352 e. The molecule has 0 spiro atoms. The number of nitrogens with one attached hydrogen (secondary N) is 1. The Balaban J connectivity index is 1.70. The normalized spacial score (nSPS) is 15.0. The van der Waals surface area contributed by atoms with Gasteiger partial charge in [-0.25, -0.2) is 0 Å². The van der Waals surface area contributed by atoms with E-state index in [1.165, 1.54) is 11.8 Å². The van der Waals surface area contributed by atoms with Crippen molar-refractivity contribution in [1.82, 2.24) is 10.2 Å². The van der Waals surface area contributed by atoms with Crippen LogP contribution in [0.15, 0.2) is 53.4 Å². The zero-order valence-corrected chi connectivity index (χ0v) is 19.3. The Kier molecular flexibility index (Phi) is 8.49. The molecule has 4 nitrogen and oxygen atoms in total. The number of thioether (sulfide) groups is 1. The third-order valence-electron chi connectivity index (χ3n) is 5.29. The van der Waals surface area contributed by atoms with Crippen LogP contribution in [-0.2, 0) is 16.1 Å². The molecule has 0 heterocycles. The van der Waals surface area contributed by atoms with Crippen LogP contribution in [0.4, 0.5) is 0 Å². The molecule has 3 rings (SSSR count). The molecule has 2 aromatic carbocycles. The number of benzene rings is 2. The molecule has 1 fully saturated rings. The average Bonchev–Trinajstić information content (AvgIpc) is 3.24. The van der Waals surface area contributed by atoms with Gasteiger partial charge in [0.05, 0.1) is 5.75 Å². The summed E-state index contributed by atoms with van der Waals surface area (Å²) in [6.45, 7) is 2.12. The molecule has 1 aliphatic rings. The van der Waals surface area contributed by atoms with Crippen LogP contribution in [-0.4, -0.2) is 34.6 Å². The number of hydrogen-bond donors (Lipinski definition) is 1. The van der Waals surface area contributed by atoms with Crippen molar-refractivity contribution in [2.75, 3.05) is 5.75 Å². The van der Waals surface area contributed by atoms with Crippen molar-refractivity contribution in [2.45, 2.75) is 56.1 Å². The average molecular weight is 465 g/mol. The van der Waals surface area contributed by atoms with Gasteiger partial charge >= 0.3 is 0 Å². The predicted octanol–water partition coefficient (Wildman–Crippen LogP) is 5.56. The van der Waals surface area contributed by atoms with Crippen molar-refractivity contribution in [3.63, 3.8) is 0 Å². The monoisotopic (exact) mass is 464 g/mol. The SMILES string of the molecule is C[C@H](C(=O)NC1CCCC1)N(Cc1cccc(Cl)c1)C(=O)CSc1ccc(Cl)cc1. The minimum atomic E-state index is -0.567. The quantitative estimate of drug-likeness (QED) is 0.520. The van der Waals surface area contributed by atoms with E-state index in [-0.39, 0.29) is 23.6 Å². The fraction of sp³-hybridized carbons (Fsp3) is 0.391. The molecule has 0 bridgehead atoms. The van der Waals surface area contributed by atoms with Gasteiger partial charge in [-0.05, 0) is 61.7 Å². The van der Waals surface area contributed by atoms with Crippen molar-refractivity contribution in [1.29, 1.82) is 0 Å². The van der Waals surface area contributed by atoms with Crippen LogP contribution < -0.4 is 5.32 Å². The van der Waals surface area contributed by atoms with Crippen molar-refractivity contribution in [2.24, 2.45) is 0 Å². The molecule has 0 unspecified atom stereocenters. The molecule has 30 heavy (non-hydrogen) atoms. The topological polar surface area (TPSA) is 49.4 Å². The predicted molar refractivity (Wildman–Crippen MR) is 124 cm³/mol. The van der Waals surface area contributed by atoms with Crippen LogP contribution in [0.3, 0.4) is 0 Å². The molecule has 0 saturated heterocycles. The standard InChI is InChI=1S/C23H26Cl2N2O2S/c1-16(23(29)26-20-7-2-3-8-20)27(14-17-5-4-6-19(25)13-17)22(28)15-30-21-11-9-18(24)10-12-21/h4-6,9-13,16,20H,2-3,7-8,14-15H2,1H3,(H,26,29)/t16-/m1/s1. The second-order valence-corrected chi connectivity index (χ2v) is 9.48. The van der Waals surface area contributed by atoms with E-state index in [2.05, 4.69) is 5.32 Å². The number of hydrogen-bond acceptors (Lipinski definition) is 3. The molecule has 2 amide bonds. The number of halogens is 2. The summed E-state index contributed by atoms with van der Waals surface area (Å²) in [5.41, 5.74) is 0.896. The first-order valence-corrected chi connectivity index (χ1v) is 11.9. The van der Waals surface area contributed by atoms with E-state index >= 15 is 0 Å². The molecule has 1 atom stereocenters. The molecule has 1 aliphatic carbocycles. The van der Waals surface area contributed by atoms with Gasteiger partial charge in [-0.1, -0.05) is 48.2 Å². The lowest BCUT2D eigenvalue weighted by Gasteiger charge is -2.29. The summed E-state index contributed by atoms with van der Waals surface area (Å²) < 4.78 is 0. The van der Waals surface area contributed by atoms with E-state index in [0.29, 0.717) is 16.6 Å². The second-order valence-electron chi connectivity index (χ2n) is 7.56. The number of nitrogens with zero attached hydrogens (tertiary/aromatic N) is 1. The Labute approximate surface area is 192 Å². The molecular formula is C23H26Cl2N2O2S. The van der Waals surface area contributed by atoms with Gasteiger partial charge < -0.3 is 10.2 Å². The van der Waals surface area contributed by atoms with E-state index in [0.717, 1.165) is 36.1 Å². The van der Waals surface area contributed by atoms with Gasteiger partial charge in [0.1, 0.15) is 6.04 Å². The van der Waals surface area contributed by atoms with Crippen LogP contribution in [0, 0.1) is 0 Å². The van der Waals surface area contributed by atoms with Gasteiger partial charge in [0, 0.05) is 27.5 Å². The summed E-state index contributed by atoms with van der Waals surface area (Å²) in [5.74, 6) is 0.0428. The van der Waals surface area contributed by atoms with Crippen LogP contribution in [0.5, 0.6) is 0 Å². The molecule has 7 heteroatoms. The zero-order valence-electron chi connectivity index (χ0n) is 16.9. The fourth-order valence-electron chi connectivity index (χ4n) is 3.57.